The Balaban J connectivity index is 1.73. The Kier molecular flexibility index (Phi) is 6.08. The van der Waals surface area contributed by atoms with Gasteiger partial charge < -0.3 is 36.2 Å². The molecule has 1 amide bonds. The lowest BCUT2D eigenvalue weighted by Crippen LogP contribution is -2.68. The number of likely N-dealkylation sites (N-methyl/N-ethyl adjacent to an activating group) is 1. The molecule has 1 aliphatic heterocycles. The highest BCUT2D eigenvalue weighted by Gasteiger charge is 2.67. The second-order valence-electron chi connectivity index (χ2n) is 11.0. The predicted molar refractivity (Wildman–Crippen MR) is 136 cm³/mol. The number of piperidine rings is 1. The number of aliphatic hydroxyl groups excluding tert-OH is 3. The number of anilines is 1. The van der Waals surface area contributed by atoms with E-state index < -0.39 is 75.6 Å². The van der Waals surface area contributed by atoms with Gasteiger partial charge in [-0.05, 0) is 50.9 Å². The number of primary amides is 1. The summed E-state index contributed by atoms with van der Waals surface area (Å²) in [6, 6.07) is 2.18. The molecule has 1 saturated heterocycles. The van der Waals surface area contributed by atoms with Crippen LogP contribution < -0.4 is 10.6 Å². The van der Waals surface area contributed by atoms with Gasteiger partial charge in [-0.2, -0.15) is 0 Å². The molecule has 4 aliphatic rings. The summed E-state index contributed by atoms with van der Waals surface area (Å²) in [5.41, 5.74) is 1.99. The third-order valence-corrected chi connectivity index (χ3v) is 8.81. The van der Waals surface area contributed by atoms with Crippen molar-refractivity contribution in [1.82, 2.24) is 4.90 Å². The lowest BCUT2D eigenvalue weighted by Gasteiger charge is -2.53. The van der Waals surface area contributed by atoms with Crippen LogP contribution in [0.1, 0.15) is 48.0 Å². The van der Waals surface area contributed by atoms with Gasteiger partial charge in [-0.15, -0.1) is 0 Å². The molecule has 1 fully saturated rings. The molecule has 204 valence electrons. The number of aromatic hydroxyl groups is 1. The Hall–Kier alpha value is -3.41. The average molecular weight is 528 g/mol. The van der Waals surface area contributed by atoms with Crippen molar-refractivity contribution in [2.45, 2.75) is 49.9 Å². The predicted octanol–water partition coefficient (Wildman–Crippen LogP) is 0.643. The van der Waals surface area contributed by atoms with E-state index in [1.165, 1.54) is 19.0 Å². The van der Waals surface area contributed by atoms with Gasteiger partial charge in [-0.1, -0.05) is 13.0 Å². The number of ketones is 2. The van der Waals surface area contributed by atoms with Crippen LogP contribution in [0.4, 0.5) is 5.69 Å². The Bertz CT molecular complexity index is 1310. The Morgan fingerprint density at radius 1 is 1.11 bits per heavy atom. The number of nitrogens with two attached hydrogens (primary N) is 1. The number of amides is 1. The van der Waals surface area contributed by atoms with Crippen LogP contribution >= 0.6 is 0 Å². The minimum Gasteiger partial charge on any atom is -0.510 e. The van der Waals surface area contributed by atoms with E-state index in [1.54, 1.807) is 19.1 Å². The largest absolute Gasteiger partial charge is 0.510 e. The number of fused-ring (bicyclic) bond motifs is 3. The van der Waals surface area contributed by atoms with E-state index in [9.17, 15) is 39.9 Å². The molecule has 1 unspecified atom stereocenters. The summed E-state index contributed by atoms with van der Waals surface area (Å²) < 4.78 is 0. The van der Waals surface area contributed by atoms with Crippen molar-refractivity contribution in [3.05, 3.63) is 45.9 Å². The third-order valence-electron chi connectivity index (χ3n) is 8.81. The van der Waals surface area contributed by atoms with E-state index >= 15 is 0 Å². The van der Waals surface area contributed by atoms with E-state index in [1.807, 2.05) is 4.90 Å². The quantitative estimate of drug-likeness (QED) is 0.305. The molecule has 1 aromatic carbocycles. The van der Waals surface area contributed by atoms with Gasteiger partial charge in [0.05, 0.1) is 29.3 Å². The monoisotopic (exact) mass is 527 g/mol. The smallest absolute Gasteiger partial charge is 0.255 e. The summed E-state index contributed by atoms with van der Waals surface area (Å²) in [5, 5.41) is 57.0. The molecule has 3 aliphatic carbocycles. The highest BCUT2D eigenvalue weighted by atomic mass is 16.4. The van der Waals surface area contributed by atoms with Gasteiger partial charge in [0.25, 0.3) is 5.91 Å². The number of phenolic OH excluding ortho intramolecular Hbond substituents is 1. The van der Waals surface area contributed by atoms with E-state index in [-0.39, 0.29) is 11.3 Å². The van der Waals surface area contributed by atoms with Crippen molar-refractivity contribution >= 4 is 23.2 Å². The summed E-state index contributed by atoms with van der Waals surface area (Å²) >= 11 is 0. The van der Waals surface area contributed by atoms with Crippen LogP contribution in [-0.4, -0.2) is 92.8 Å². The summed E-state index contributed by atoms with van der Waals surface area (Å²) in [6.07, 6.45) is 1.34. The van der Waals surface area contributed by atoms with Gasteiger partial charge in [0.15, 0.2) is 11.4 Å². The first kappa shape index (κ1) is 26.2. The van der Waals surface area contributed by atoms with Gasteiger partial charge in [-0.3, -0.25) is 19.3 Å². The van der Waals surface area contributed by atoms with Gasteiger partial charge >= 0.3 is 0 Å². The number of Topliss-reactive ketones (excluding diaryl/α,β-unsaturated/α-hetero) is 2. The van der Waals surface area contributed by atoms with Crippen molar-refractivity contribution in [2.75, 3.05) is 32.1 Å². The van der Waals surface area contributed by atoms with Crippen molar-refractivity contribution < 1.29 is 39.9 Å². The first-order valence-corrected chi connectivity index (χ1v) is 12.8. The second-order valence-corrected chi connectivity index (χ2v) is 11.0. The lowest BCUT2D eigenvalue weighted by molar-refractivity contribution is -0.162. The molecule has 11 heteroatoms. The van der Waals surface area contributed by atoms with Gasteiger partial charge in [0.1, 0.15) is 22.8 Å². The van der Waals surface area contributed by atoms with Gasteiger partial charge in [-0.25, -0.2) is 0 Å². The number of rotatable bonds is 3. The Labute approximate surface area is 219 Å². The fourth-order valence-corrected chi connectivity index (χ4v) is 7.00. The third kappa shape index (κ3) is 3.28. The molecule has 38 heavy (non-hydrogen) atoms. The minimum atomic E-state index is -2.91. The number of hydrogen-bond donors (Lipinski definition) is 6. The fraction of sp³-hybridized carbons (Fsp3) is 0.519. The van der Waals surface area contributed by atoms with Gasteiger partial charge in [0, 0.05) is 24.6 Å². The molecule has 1 aromatic rings. The number of hydrogen-bond acceptors (Lipinski definition) is 10. The van der Waals surface area contributed by atoms with Crippen LogP contribution in [0.25, 0.3) is 0 Å². The number of carbonyl (C=O) groups excluding carboxylic acids is 3. The standard InChI is InChI=1S/C27H33N3O8/c1-11-12-7-8-13(30-9-5-4-6-10-30)20(31)15(12)21(32)16-14(11)22(33)18-19(29(2)3)23(34)17(26(28)37)25(36)27(18,38)24(16)35/h7-8,11,14,18-19,22,31,33-35,38H,4-6,9-10H2,1-3H3,(H2,28,37)/t11-,14+,18+,19?,22-,27+/m1/s1. The molecule has 6 atom stereocenters. The van der Waals surface area contributed by atoms with E-state index in [0.29, 0.717) is 24.3 Å². The number of benzene rings is 1. The molecule has 11 nitrogen and oxygen atoms in total. The van der Waals surface area contributed by atoms with Crippen LogP contribution in [0.5, 0.6) is 5.75 Å². The van der Waals surface area contributed by atoms with Crippen LogP contribution in [0.2, 0.25) is 0 Å². The molecule has 0 aromatic heterocycles. The number of carbonyl (C=O) groups is 3. The van der Waals surface area contributed by atoms with Crippen LogP contribution in [0.15, 0.2) is 34.8 Å². The molecule has 0 saturated carbocycles. The molecule has 1 heterocycles. The maximum atomic E-state index is 13.9. The molecule has 0 radical (unpaired) electrons. The molecular formula is C27H33N3O8. The number of phenols is 1. The zero-order valence-electron chi connectivity index (χ0n) is 21.5. The van der Waals surface area contributed by atoms with Crippen molar-refractivity contribution in [3.63, 3.8) is 0 Å². The molecule has 0 spiro atoms. The van der Waals surface area contributed by atoms with Crippen molar-refractivity contribution in [1.29, 1.82) is 0 Å². The number of nitrogens with zero attached hydrogens (tertiary/aromatic N) is 2. The summed E-state index contributed by atoms with van der Waals surface area (Å²) in [7, 11) is 3.01. The van der Waals surface area contributed by atoms with Gasteiger partial charge in [0.2, 0.25) is 5.78 Å². The Morgan fingerprint density at radius 3 is 2.32 bits per heavy atom. The minimum absolute atomic E-state index is 0.0615. The fourth-order valence-electron chi connectivity index (χ4n) is 7.00. The van der Waals surface area contributed by atoms with Crippen LogP contribution in [0, 0.1) is 11.8 Å². The SMILES string of the molecule is C[C@@H]1c2ccc(N3CCCCC3)c(O)c2C(=O)C2=C(O)[C@]3(O)C(=O)C(C(N)=O)=C(O)C(N(C)C)[C@H]3[C@H](O)[C@H]21. The van der Waals surface area contributed by atoms with E-state index in [2.05, 4.69) is 0 Å². The average Bonchev–Trinajstić information content (AvgIpc) is 2.86. The van der Waals surface area contributed by atoms with Crippen molar-refractivity contribution in [2.24, 2.45) is 17.6 Å². The zero-order chi connectivity index (χ0) is 27.8. The molecule has 5 rings (SSSR count). The molecule has 7 N–H and O–H groups in total. The summed E-state index contributed by atoms with van der Waals surface area (Å²) in [4.78, 5) is 42.9. The summed E-state index contributed by atoms with van der Waals surface area (Å²) in [5.74, 6) is -8.76. The first-order valence-electron chi connectivity index (χ1n) is 12.8. The van der Waals surface area contributed by atoms with E-state index in [0.717, 1.165) is 19.3 Å². The van der Waals surface area contributed by atoms with E-state index in [4.69, 9.17) is 5.73 Å². The van der Waals surface area contributed by atoms with Crippen LogP contribution in [0.3, 0.4) is 0 Å². The lowest BCUT2D eigenvalue weighted by atomic mass is 9.55. The normalized spacial score (nSPS) is 33.3. The highest BCUT2D eigenvalue weighted by Crippen LogP contribution is 2.56. The maximum absolute atomic E-state index is 13.9. The second kappa shape index (κ2) is 8.82. The highest BCUT2D eigenvalue weighted by molar-refractivity contribution is 6.25. The Morgan fingerprint density at radius 2 is 1.74 bits per heavy atom. The number of aliphatic hydroxyl groups is 4. The zero-order valence-corrected chi connectivity index (χ0v) is 21.5. The maximum Gasteiger partial charge on any atom is 0.255 e. The topological polar surface area (TPSA) is 185 Å². The summed E-state index contributed by atoms with van der Waals surface area (Å²) in [6.45, 7) is 3.13. The van der Waals surface area contributed by atoms with Crippen molar-refractivity contribution in [3.8, 4) is 5.75 Å². The first-order chi connectivity index (χ1) is 17.8. The van der Waals surface area contributed by atoms with Crippen LogP contribution in [-0.2, 0) is 9.59 Å². The molecular weight excluding hydrogens is 494 g/mol. The molecule has 0 bridgehead atoms.